The van der Waals surface area contributed by atoms with Gasteiger partial charge in [0.2, 0.25) is 5.91 Å². The summed E-state index contributed by atoms with van der Waals surface area (Å²) in [6, 6.07) is 9.08. The summed E-state index contributed by atoms with van der Waals surface area (Å²) in [6.07, 6.45) is 1.73. The second-order valence-corrected chi connectivity index (χ2v) is 8.95. The number of thiophene rings is 1. The molecular weight excluding hydrogens is 456 g/mol. The van der Waals surface area contributed by atoms with Crippen molar-refractivity contribution < 1.29 is 14.3 Å². The van der Waals surface area contributed by atoms with Gasteiger partial charge in [-0.2, -0.15) is 0 Å². The second-order valence-electron chi connectivity index (χ2n) is 6.34. The number of nitrogens with one attached hydrogen (secondary N) is 1. The van der Waals surface area contributed by atoms with Gasteiger partial charge in [0.15, 0.2) is 11.0 Å². The lowest BCUT2D eigenvalue weighted by Crippen LogP contribution is -2.16. The standard InChI is InChI=1S/C21H21ClN4O3S2/c1-4-10-26-18(14-8-6-7-9-16(14)22)24-25-21(26)30-12-17(27)23-19-15(11-13(3)31-19)20(28)29-5-2/h4,6-9,11H,1,5,10,12H2,2-3H3,(H,23,27). The summed E-state index contributed by atoms with van der Waals surface area (Å²) in [5, 5.41) is 12.9. The zero-order valence-electron chi connectivity index (χ0n) is 17.1. The van der Waals surface area contributed by atoms with Crippen molar-refractivity contribution in [1.82, 2.24) is 14.8 Å². The molecule has 0 saturated heterocycles. The third-order valence-electron chi connectivity index (χ3n) is 4.08. The second kappa shape index (κ2) is 10.6. The monoisotopic (exact) mass is 476 g/mol. The zero-order chi connectivity index (χ0) is 22.4. The largest absolute Gasteiger partial charge is 0.462 e. The van der Waals surface area contributed by atoms with Crippen LogP contribution in [0.15, 0.2) is 48.1 Å². The number of aromatic nitrogens is 3. The summed E-state index contributed by atoms with van der Waals surface area (Å²) in [5.41, 5.74) is 1.11. The van der Waals surface area contributed by atoms with Gasteiger partial charge in [0.05, 0.1) is 22.9 Å². The molecule has 0 fully saturated rings. The smallest absolute Gasteiger partial charge is 0.341 e. The number of hydrogen-bond acceptors (Lipinski definition) is 7. The van der Waals surface area contributed by atoms with Crippen LogP contribution in [0.25, 0.3) is 11.4 Å². The molecule has 31 heavy (non-hydrogen) atoms. The average Bonchev–Trinajstić information content (AvgIpc) is 3.30. The number of hydrogen-bond donors (Lipinski definition) is 1. The van der Waals surface area contributed by atoms with Crippen molar-refractivity contribution in [2.45, 2.75) is 25.5 Å². The van der Waals surface area contributed by atoms with E-state index in [0.717, 1.165) is 10.4 Å². The van der Waals surface area contributed by atoms with Crippen molar-refractivity contribution in [3.8, 4) is 11.4 Å². The van der Waals surface area contributed by atoms with Crippen molar-refractivity contribution in [1.29, 1.82) is 0 Å². The lowest BCUT2D eigenvalue weighted by atomic mass is 10.2. The van der Waals surface area contributed by atoms with Gasteiger partial charge >= 0.3 is 5.97 Å². The van der Waals surface area contributed by atoms with E-state index < -0.39 is 5.97 Å². The van der Waals surface area contributed by atoms with Gasteiger partial charge in [0.25, 0.3) is 0 Å². The molecule has 0 radical (unpaired) electrons. The van der Waals surface area contributed by atoms with E-state index in [0.29, 0.717) is 33.1 Å². The van der Waals surface area contributed by atoms with Crippen LogP contribution in [-0.4, -0.2) is 39.0 Å². The number of aryl methyl sites for hydroxylation is 1. The SMILES string of the molecule is C=CCn1c(SCC(=O)Nc2sc(C)cc2C(=O)OCC)nnc1-c1ccccc1Cl. The van der Waals surface area contributed by atoms with E-state index in [-0.39, 0.29) is 18.3 Å². The number of carbonyl (C=O) groups excluding carboxylic acids is 2. The summed E-state index contributed by atoms with van der Waals surface area (Å²) < 4.78 is 6.91. The molecule has 1 N–H and O–H groups in total. The van der Waals surface area contributed by atoms with Crippen LogP contribution in [0.2, 0.25) is 5.02 Å². The lowest BCUT2D eigenvalue weighted by Gasteiger charge is -2.09. The molecule has 3 rings (SSSR count). The Morgan fingerprint density at radius 3 is 2.84 bits per heavy atom. The molecule has 0 atom stereocenters. The first kappa shape index (κ1) is 23.1. The molecule has 0 spiro atoms. The molecular formula is C21H21ClN4O3S2. The van der Waals surface area contributed by atoms with Crippen LogP contribution in [-0.2, 0) is 16.1 Å². The van der Waals surface area contributed by atoms with Gasteiger partial charge in [-0.3, -0.25) is 9.36 Å². The molecule has 2 aromatic heterocycles. The average molecular weight is 477 g/mol. The van der Waals surface area contributed by atoms with Crippen molar-refractivity contribution in [2.75, 3.05) is 17.7 Å². The van der Waals surface area contributed by atoms with Crippen molar-refractivity contribution in [2.24, 2.45) is 0 Å². The number of thioether (sulfide) groups is 1. The fraction of sp³-hybridized carbons (Fsp3) is 0.238. The molecule has 1 amide bonds. The Morgan fingerprint density at radius 1 is 1.35 bits per heavy atom. The molecule has 162 valence electrons. The van der Waals surface area contributed by atoms with Gasteiger partial charge in [0, 0.05) is 17.0 Å². The summed E-state index contributed by atoms with van der Waals surface area (Å²) in [5.74, 6) is -0.0153. The van der Waals surface area contributed by atoms with Crippen LogP contribution in [0.3, 0.4) is 0 Å². The Labute approximate surface area is 193 Å². The van der Waals surface area contributed by atoms with Crippen LogP contribution in [0.5, 0.6) is 0 Å². The maximum Gasteiger partial charge on any atom is 0.341 e. The lowest BCUT2D eigenvalue weighted by molar-refractivity contribution is -0.113. The van der Waals surface area contributed by atoms with Gasteiger partial charge in [-0.25, -0.2) is 4.79 Å². The number of esters is 1. The fourth-order valence-electron chi connectivity index (χ4n) is 2.79. The number of amides is 1. The van der Waals surface area contributed by atoms with Gasteiger partial charge < -0.3 is 10.1 Å². The van der Waals surface area contributed by atoms with E-state index >= 15 is 0 Å². The van der Waals surface area contributed by atoms with Crippen molar-refractivity contribution in [3.05, 3.63) is 58.5 Å². The molecule has 0 saturated carbocycles. The third-order valence-corrected chi connectivity index (χ3v) is 6.34. The van der Waals surface area contributed by atoms with E-state index in [9.17, 15) is 9.59 Å². The molecule has 0 aliphatic rings. The van der Waals surface area contributed by atoms with Crippen LogP contribution < -0.4 is 5.32 Å². The third kappa shape index (κ3) is 5.55. The minimum absolute atomic E-state index is 0.0943. The van der Waals surface area contributed by atoms with Crippen molar-refractivity contribution >= 4 is 51.6 Å². The molecule has 3 aromatic rings. The van der Waals surface area contributed by atoms with Gasteiger partial charge in [0.1, 0.15) is 5.00 Å². The Kier molecular flexibility index (Phi) is 7.89. The van der Waals surface area contributed by atoms with E-state index in [1.165, 1.54) is 23.1 Å². The summed E-state index contributed by atoms with van der Waals surface area (Å²) in [6.45, 7) is 8.13. The number of carbonyl (C=O) groups is 2. The topological polar surface area (TPSA) is 86.1 Å². The highest BCUT2D eigenvalue weighted by Gasteiger charge is 2.20. The summed E-state index contributed by atoms with van der Waals surface area (Å²) >= 11 is 8.88. The molecule has 0 bridgehead atoms. The van der Waals surface area contributed by atoms with Gasteiger partial charge in [-0.1, -0.05) is 41.6 Å². The van der Waals surface area contributed by atoms with Crippen LogP contribution >= 0.6 is 34.7 Å². The van der Waals surface area contributed by atoms with E-state index in [1.807, 2.05) is 29.7 Å². The molecule has 1 aromatic carbocycles. The maximum atomic E-state index is 12.6. The molecule has 10 heteroatoms. The summed E-state index contributed by atoms with van der Waals surface area (Å²) in [7, 11) is 0. The number of anilines is 1. The number of allylic oxidation sites excluding steroid dienone is 1. The predicted octanol–water partition coefficient (Wildman–Crippen LogP) is 5.06. The number of benzene rings is 1. The van der Waals surface area contributed by atoms with Crippen LogP contribution in [0.4, 0.5) is 5.00 Å². The molecule has 7 nitrogen and oxygen atoms in total. The number of nitrogens with zero attached hydrogens (tertiary/aromatic N) is 3. The summed E-state index contributed by atoms with van der Waals surface area (Å²) in [4.78, 5) is 25.6. The zero-order valence-corrected chi connectivity index (χ0v) is 19.4. The molecule has 0 unspecified atom stereocenters. The minimum atomic E-state index is -0.454. The van der Waals surface area contributed by atoms with Crippen LogP contribution in [0.1, 0.15) is 22.2 Å². The number of ether oxygens (including phenoxy) is 1. The fourth-order valence-corrected chi connectivity index (χ4v) is 4.68. The maximum absolute atomic E-state index is 12.6. The van der Waals surface area contributed by atoms with Crippen LogP contribution in [0, 0.1) is 6.92 Å². The first-order valence-corrected chi connectivity index (χ1v) is 11.6. The van der Waals surface area contributed by atoms with E-state index in [2.05, 4.69) is 22.1 Å². The van der Waals surface area contributed by atoms with Crippen molar-refractivity contribution in [3.63, 3.8) is 0 Å². The Balaban J connectivity index is 1.73. The number of rotatable bonds is 9. The van der Waals surface area contributed by atoms with Gasteiger partial charge in [-0.05, 0) is 32.0 Å². The normalized spacial score (nSPS) is 10.7. The Bertz CT molecular complexity index is 1110. The first-order valence-electron chi connectivity index (χ1n) is 9.43. The predicted molar refractivity (Wildman–Crippen MR) is 125 cm³/mol. The highest BCUT2D eigenvalue weighted by Crippen LogP contribution is 2.31. The molecule has 2 heterocycles. The van der Waals surface area contributed by atoms with Gasteiger partial charge in [-0.15, -0.1) is 28.1 Å². The molecule has 0 aliphatic carbocycles. The Morgan fingerprint density at radius 2 is 2.13 bits per heavy atom. The van der Waals surface area contributed by atoms with E-state index in [1.54, 1.807) is 25.1 Å². The first-order chi connectivity index (χ1) is 14.9. The molecule has 0 aliphatic heterocycles. The minimum Gasteiger partial charge on any atom is -0.462 e. The highest BCUT2D eigenvalue weighted by molar-refractivity contribution is 7.99. The quantitative estimate of drug-likeness (QED) is 0.264. The van der Waals surface area contributed by atoms with E-state index in [4.69, 9.17) is 16.3 Å². The number of halogens is 1. The Hall–Kier alpha value is -2.62. The highest BCUT2D eigenvalue weighted by atomic mass is 35.5.